The second kappa shape index (κ2) is 9.91. The van der Waals surface area contributed by atoms with Crippen LogP contribution in [0.4, 0.5) is 5.69 Å². The first-order chi connectivity index (χ1) is 15.9. The Hall–Kier alpha value is -3.59. The monoisotopic (exact) mass is 463 g/mol. The Bertz CT molecular complexity index is 1150. The number of nitrogens with one attached hydrogen (secondary N) is 1. The first kappa shape index (κ1) is 22.6. The summed E-state index contributed by atoms with van der Waals surface area (Å²) in [7, 11) is 1.88. The molecule has 4 rings (SSSR count). The van der Waals surface area contributed by atoms with Gasteiger partial charge in [0, 0.05) is 48.8 Å². The quantitative estimate of drug-likeness (QED) is 0.474. The highest BCUT2D eigenvalue weighted by atomic mass is 32.2. The summed E-state index contributed by atoms with van der Waals surface area (Å²) in [6.45, 7) is 0.464. The van der Waals surface area contributed by atoms with Gasteiger partial charge < -0.3 is 20.5 Å². The van der Waals surface area contributed by atoms with Crippen molar-refractivity contribution in [2.24, 2.45) is 12.8 Å². The molecule has 33 heavy (non-hydrogen) atoms. The molecule has 2 aromatic carbocycles. The summed E-state index contributed by atoms with van der Waals surface area (Å²) in [5, 5.41) is 3.62. The van der Waals surface area contributed by atoms with Gasteiger partial charge in [0.2, 0.25) is 11.8 Å². The van der Waals surface area contributed by atoms with Gasteiger partial charge in [-0.1, -0.05) is 23.9 Å². The summed E-state index contributed by atoms with van der Waals surface area (Å²) in [5.74, 6) is -0.421. The number of hydrogen-bond donors (Lipinski definition) is 2. The van der Waals surface area contributed by atoms with Crippen LogP contribution in [0.2, 0.25) is 0 Å². The van der Waals surface area contributed by atoms with Crippen LogP contribution in [0, 0.1) is 0 Å². The number of anilines is 1. The first-order valence-electron chi connectivity index (χ1n) is 10.6. The molecular formula is C24H25N5O3S. The third-order valence-corrected chi connectivity index (χ3v) is 6.42. The Kier molecular flexibility index (Phi) is 6.79. The summed E-state index contributed by atoms with van der Waals surface area (Å²) in [4.78, 5) is 42.7. The van der Waals surface area contributed by atoms with Gasteiger partial charge in [0.25, 0.3) is 5.91 Å². The van der Waals surface area contributed by atoms with Crippen molar-refractivity contribution in [3.63, 3.8) is 0 Å². The number of nitrogens with two attached hydrogens (primary N) is 1. The lowest BCUT2D eigenvalue weighted by Crippen LogP contribution is -2.32. The molecule has 0 aliphatic heterocycles. The molecule has 1 aliphatic carbocycles. The summed E-state index contributed by atoms with van der Waals surface area (Å²) in [6, 6.07) is 14.2. The van der Waals surface area contributed by atoms with E-state index in [1.54, 1.807) is 42.6 Å². The molecule has 1 aromatic heterocycles. The number of thioether (sulfide) groups is 1. The minimum atomic E-state index is -0.473. The second-order valence-corrected chi connectivity index (χ2v) is 8.90. The fourth-order valence-electron chi connectivity index (χ4n) is 3.40. The van der Waals surface area contributed by atoms with Gasteiger partial charge in [-0.3, -0.25) is 14.4 Å². The van der Waals surface area contributed by atoms with Crippen LogP contribution in [0.15, 0.2) is 66.1 Å². The van der Waals surface area contributed by atoms with Crippen LogP contribution in [0.1, 0.15) is 39.1 Å². The van der Waals surface area contributed by atoms with Crippen molar-refractivity contribution in [3.05, 3.63) is 77.6 Å². The van der Waals surface area contributed by atoms with E-state index in [0.717, 1.165) is 23.6 Å². The van der Waals surface area contributed by atoms with Crippen molar-refractivity contribution in [1.29, 1.82) is 0 Å². The van der Waals surface area contributed by atoms with E-state index in [-0.39, 0.29) is 23.6 Å². The van der Waals surface area contributed by atoms with E-state index in [4.69, 9.17) is 5.73 Å². The maximum atomic E-state index is 13.2. The van der Waals surface area contributed by atoms with Gasteiger partial charge in [0.15, 0.2) is 5.16 Å². The summed E-state index contributed by atoms with van der Waals surface area (Å²) in [5.41, 5.74) is 7.88. The molecule has 1 fully saturated rings. The lowest BCUT2D eigenvalue weighted by atomic mass is 10.1. The molecule has 0 bridgehead atoms. The largest absolute Gasteiger partial charge is 0.366 e. The molecule has 3 aromatic rings. The second-order valence-electron chi connectivity index (χ2n) is 7.96. The number of carbonyl (C=O) groups is 3. The predicted octanol–water partition coefficient (Wildman–Crippen LogP) is 3.05. The molecule has 170 valence electrons. The van der Waals surface area contributed by atoms with Crippen LogP contribution < -0.4 is 11.1 Å². The number of aromatic nitrogens is 2. The molecule has 3 N–H and O–H groups in total. The van der Waals surface area contributed by atoms with Gasteiger partial charge in [0.05, 0.1) is 5.75 Å². The molecule has 3 amide bonds. The van der Waals surface area contributed by atoms with E-state index in [9.17, 15) is 14.4 Å². The Morgan fingerprint density at radius 1 is 1.09 bits per heavy atom. The van der Waals surface area contributed by atoms with Gasteiger partial charge in [-0.15, -0.1) is 0 Å². The predicted molar refractivity (Wildman–Crippen MR) is 127 cm³/mol. The number of carbonyl (C=O) groups excluding carboxylic acids is 3. The van der Waals surface area contributed by atoms with Crippen LogP contribution in [-0.4, -0.2) is 44.0 Å². The van der Waals surface area contributed by atoms with Gasteiger partial charge >= 0.3 is 0 Å². The molecule has 0 unspecified atom stereocenters. The molecule has 0 radical (unpaired) electrons. The van der Waals surface area contributed by atoms with Gasteiger partial charge in [-0.2, -0.15) is 0 Å². The van der Waals surface area contributed by atoms with Gasteiger partial charge in [-0.25, -0.2) is 4.98 Å². The van der Waals surface area contributed by atoms with Crippen molar-refractivity contribution in [3.8, 4) is 0 Å². The van der Waals surface area contributed by atoms with E-state index < -0.39 is 5.91 Å². The maximum absolute atomic E-state index is 13.2. The fraction of sp³-hybridized carbons (Fsp3) is 0.250. The molecule has 1 heterocycles. The molecule has 9 heteroatoms. The first-order valence-corrected chi connectivity index (χ1v) is 11.6. The fourth-order valence-corrected chi connectivity index (χ4v) is 4.14. The topological polar surface area (TPSA) is 110 Å². The van der Waals surface area contributed by atoms with Crippen LogP contribution in [0.5, 0.6) is 0 Å². The number of imidazole rings is 1. The summed E-state index contributed by atoms with van der Waals surface area (Å²) in [6.07, 6.45) is 5.48. The van der Waals surface area contributed by atoms with Crippen LogP contribution in [0.25, 0.3) is 0 Å². The Balaban J connectivity index is 1.36. The van der Waals surface area contributed by atoms with Crippen molar-refractivity contribution in [1.82, 2.24) is 14.5 Å². The third-order valence-electron chi connectivity index (χ3n) is 5.36. The molecule has 1 aliphatic rings. The Labute approximate surface area is 196 Å². The van der Waals surface area contributed by atoms with Crippen molar-refractivity contribution < 1.29 is 14.4 Å². The average molecular weight is 464 g/mol. The molecule has 0 atom stereocenters. The van der Waals surface area contributed by atoms with Crippen molar-refractivity contribution in [2.75, 3.05) is 11.1 Å². The van der Waals surface area contributed by atoms with Crippen LogP contribution in [-0.2, 0) is 18.4 Å². The minimum absolute atomic E-state index is 0.0558. The number of aryl methyl sites for hydroxylation is 1. The number of hydrogen-bond acceptors (Lipinski definition) is 5. The zero-order valence-corrected chi connectivity index (χ0v) is 19.0. The Morgan fingerprint density at radius 2 is 1.76 bits per heavy atom. The highest BCUT2D eigenvalue weighted by molar-refractivity contribution is 7.99. The average Bonchev–Trinajstić information content (AvgIpc) is 3.57. The Morgan fingerprint density at radius 3 is 2.33 bits per heavy atom. The lowest BCUT2D eigenvalue weighted by Gasteiger charge is -2.23. The molecule has 0 spiro atoms. The maximum Gasteiger partial charge on any atom is 0.254 e. The normalized spacial score (nSPS) is 12.9. The molecular weight excluding hydrogens is 438 g/mol. The molecule has 1 saturated carbocycles. The number of benzene rings is 2. The smallest absolute Gasteiger partial charge is 0.254 e. The highest BCUT2D eigenvalue weighted by Crippen LogP contribution is 2.30. The number of rotatable bonds is 9. The zero-order valence-electron chi connectivity index (χ0n) is 18.2. The van der Waals surface area contributed by atoms with Crippen molar-refractivity contribution >= 4 is 35.2 Å². The van der Waals surface area contributed by atoms with E-state index in [0.29, 0.717) is 23.4 Å². The summed E-state index contributed by atoms with van der Waals surface area (Å²) >= 11 is 1.36. The van der Waals surface area contributed by atoms with E-state index in [1.165, 1.54) is 11.8 Å². The number of amides is 3. The van der Waals surface area contributed by atoms with Crippen LogP contribution in [0.3, 0.4) is 0 Å². The molecule has 0 saturated heterocycles. The van der Waals surface area contributed by atoms with Gasteiger partial charge in [0.1, 0.15) is 0 Å². The summed E-state index contributed by atoms with van der Waals surface area (Å²) < 4.78 is 1.86. The van der Waals surface area contributed by atoms with Crippen molar-refractivity contribution in [2.45, 2.75) is 30.6 Å². The van der Waals surface area contributed by atoms with Crippen LogP contribution >= 0.6 is 11.8 Å². The zero-order chi connectivity index (χ0) is 23.4. The lowest BCUT2D eigenvalue weighted by molar-refractivity contribution is -0.113. The SMILES string of the molecule is Cn1ccnc1SCC(=O)Nc1ccc(C(=O)N(Cc2ccc(C(N)=O)cc2)C2CC2)cc1. The molecule has 8 nitrogen and oxygen atoms in total. The van der Waals surface area contributed by atoms with E-state index >= 15 is 0 Å². The minimum Gasteiger partial charge on any atom is -0.366 e. The number of nitrogens with zero attached hydrogens (tertiary/aromatic N) is 3. The highest BCUT2D eigenvalue weighted by Gasteiger charge is 2.33. The number of primary amides is 1. The third kappa shape index (κ3) is 5.81. The van der Waals surface area contributed by atoms with E-state index in [1.807, 2.05) is 34.8 Å². The standard InChI is InChI=1S/C24H25N5O3S/c1-28-13-12-26-24(28)33-15-21(30)27-19-8-6-18(7-9-19)23(32)29(20-10-11-20)14-16-2-4-17(5-3-16)22(25)31/h2-9,12-13,20H,10-11,14-15H2,1H3,(H2,25,31)(H,27,30). The van der Waals surface area contributed by atoms with E-state index in [2.05, 4.69) is 10.3 Å². The van der Waals surface area contributed by atoms with Gasteiger partial charge in [-0.05, 0) is 54.8 Å².